The molecule has 3 rings (SSSR count). The topological polar surface area (TPSA) is 18.5 Å². The first-order valence-electron chi connectivity index (χ1n) is 8.28. The summed E-state index contributed by atoms with van der Waals surface area (Å²) in [5.41, 5.74) is 2.43. The summed E-state index contributed by atoms with van der Waals surface area (Å²) in [6.45, 7) is 4.27. The van der Waals surface area contributed by atoms with E-state index in [4.69, 9.17) is 9.47 Å². The van der Waals surface area contributed by atoms with Gasteiger partial charge in [0.15, 0.2) is 0 Å². The molecule has 2 heteroatoms. The van der Waals surface area contributed by atoms with Gasteiger partial charge < -0.3 is 9.47 Å². The van der Waals surface area contributed by atoms with Crippen molar-refractivity contribution in [2.45, 2.75) is 26.2 Å². The van der Waals surface area contributed by atoms with Crippen molar-refractivity contribution in [3.63, 3.8) is 0 Å². The standard InChI is InChI=1S/C21H24O2/c1-17-12-13-21(23-15-19-10-6-3-7-11-19)20(17)16-22-14-18-8-4-2-5-9-18/h2-13,17,20-21H,14-16H2,1H3/t17-,20+,21+/m1/s1. The lowest BCUT2D eigenvalue weighted by atomic mass is 9.96. The van der Waals surface area contributed by atoms with E-state index in [-0.39, 0.29) is 6.10 Å². The zero-order chi connectivity index (χ0) is 15.9. The largest absolute Gasteiger partial charge is 0.376 e. The molecule has 120 valence electrons. The average molecular weight is 308 g/mol. The minimum absolute atomic E-state index is 0.140. The summed E-state index contributed by atoms with van der Waals surface area (Å²) >= 11 is 0. The van der Waals surface area contributed by atoms with E-state index in [1.807, 2.05) is 36.4 Å². The van der Waals surface area contributed by atoms with Crippen LogP contribution in [0.5, 0.6) is 0 Å². The maximum atomic E-state index is 6.11. The summed E-state index contributed by atoms with van der Waals surface area (Å²) in [6, 6.07) is 20.6. The fourth-order valence-corrected chi connectivity index (χ4v) is 2.95. The molecule has 0 heterocycles. The summed E-state index contributed by atoms with van der Waals surface area (Å²) in [7, 11) is 0. The van der Waals surface area contributed by atoms with Gasteiger partial charge >= 0.3 is 0 Å². The highest BCUT2D eigenvalue weighted by atomic mass is 16.5. The molecule has 0 unspecified atom stereocenters. The Balaban J connectivity index is 1.48. The van der Waals surface area contributed by atoms with Crippen molar-refractivity contribution in [1.82, 2.24) is 0 Å². The van der Waals surface area contributed by atoms with Crippen LogP contribution in [0.2, 0.25) is 0 Å². The summed E-state index contributed by atoms with van der Waals surface area (Å²) in [4.78, 5) is 0. The predicted octanol–water partition coefficient (Wildman–Crippen LogP) is 4.61. The van der Waals surface area contributed by atoms with E-state index >= 15 is 0 Å². The van der Waals surface area contributed by atoms with E-state index in [1.54, 1.807) is 0 Å². The Morgan fingerprint density at radius 2 is 1.39 bits per heavy atom. The monoisotopic (exact) mass is 308 g/mol. The highest BCUT2D eigenvalue weighted by Crippen LogP contribution is 2.29. The number of hydrogen-bond donors (Lipinski definition) is 0. The van der Waals surface area contributed by atoms with Crippen LogP contribution in [0.1, 0.15) is 18.1 Å². The second-order valence-corrected chi connectivity index (χ2v) is 6.17. The van der Waals surface area contributed by atoms with Gasteiger partial charge in [-0.05, 0) is 17.0 Å². The molecule has 2 nitrogen and oxygen atoms in total. The Morgan fingerprint density at radius 3 is 2.04 bits per heavy atom. The molecule has 0 bridgehead atoms. The molecular weight excluding hydrogens is 284 g/mol. The third-order valence-corrected chi connectivity index (χ3v) is 4.41. The van der Waals surface area contributed by atoms with Crippen LogP contribution in [-0.4, -0.2) is 12.7 Å². The molecule has 0 amide bonds. The van der Waals surface area contributed by atoms with Crippen LogP contribution in [0.15, 0.2) is 72.8 Å². The van der Waals surface area contributed by atoms with Gasteiger partial charge in [0.2, 0.25) is 0 Å². The maximum Gasteiger partial charge on any atom is 0.0816 e. The summed E-state index contributed by atoms with van der Waals surface area (Å²) in [6.07, 6.45) is 4.57. The van der Waals surface area contributed by atoms with Crippen LogP contribution in [0.4, 0.5) is 0 Å². The molecule has 0 saturated heterocycles. The van der Waals surface area contributed by atoms with Gasteiger partial charge in [0, 0.05) is 5.92 Å². The van der Waals surface area contributed by atoms with Crippen molar-refractivity contribution in [2.75, 3.05) is 6.61 Å². The van der Waals surface area contributed by atoms with Gasteiger partial charge in [-0.1, -0.05) is 79.7 Å². The van der Waals surface area contributed by atoms with E-state index < -0.39 is 0 Å². The fraction of sp³-hybridized carbons (Fsp3) is 0.333. The summed E-state index contributed by atoms with van der Waals surface area (Å²) < 4.78 is 12.0. The van der Waals surface area contributed by atoms with E-state index in [0.29, 0.717) is 25.0 Å². The van der Waals surface area contributed by atoms with Crippen LogP contribution in [0, 0.1) is 11.8 Å². The molecule has 23 heavy (non-hydrogen) atoms. The zero-order valence-electron chi connectivity index (χ0n) is 13.6. The van der Waals surface area contributed by atoms with Crippen molar-refractivity contribution in [1.29, 1.82) is 0 Å². The molecular formula is C21H24O2. The lowest BCUT2D eigenvalue weighted by molar-refractivity contribution is -0.0139. The lowest BCUT2D eigenvalue weighted by Gasteiger charge is -2.23. The first-order valence-corrected chi connectivity index (χ1v) is 8.28. The van der Waals surface area contributed by atoms with Gasteiger partial charge in [-0.15, -0.1) is 0 Å². The van der Waals surface area contributed by atoms with Crippen molar-refractivity contribution in [3.05, 3.63) is 83.9 Å². The first-order chi connectivity index (χ1) is 11.3. The Morgan fingerprint density at radius 1 is 0.783 bits per heavy atom. The molecule has 3 atom stereocenters. The Bertz CT molecular complexity index is 606. The summed E-state index contributed by atoms with van der Waals surface area (Å²) in [5, 5.41) is 0. The van der Waals surface area contributed by atoms with Gasteiger partial charge in [-0.25, -0.2) is 0 Å². The number of ether oxygens (including phenoxy) is 2. The number of hydrogen-bond acceptors (Lipinski definition) is 2. The molecule has 2 aromatic carbocycles. The molecule has 0 N–H and O–H groups in total. The second kappa shape index (κ2) is 8.09. The third kappa shape index (κ3) is 4.54. The SMILES string of the molecule is C[C@@H]1C=C[C@H](OCc2ccccc2)[C@H]1COCc1ccccc1. The minimum Gasteiger partial charge on any atom is -0.376 e. The Labute approximate surface area is 138 Å². The molecule has 1 aliphatic rings. The van der Waals surface area contributed by atoms with Crippen molar-refractivity contribution in [2.24, 2.45) is 11.8 Å². The molecule has 2 aromatic rings. The lowest BCUT2D eigenvalue weighted by Crippen LogP contribution is -2.26. The number of rotatable bonds is 7. The molecule has 0 aliphatic heterocycles. The van der Waals surface area contributed by atoms with Gasteiger partial charge in [-0.2, -0.15) is 0 Å². The predicted molar refractivity (Wildman–Crippen MR) is 92.9 cm³/mol. The second-order valence-electron chi connectivity index (χ2n) is 6.17. The molecule has 0 saturated carbocycles. The molecule has 0 fully saturated rings. The van der Waals surface area contributed by atoms with Gasteiger partial charge in [0.25, 0.3) is 0 Å². The van der Waals surface area contributed by atoms with E-state index in [1.165, 1.54) is 11.1 Å². The highest BCUT2D eigenvalue weighted by molar-refractivity contribution is 5.15. The van der Waals surface area contributed by atoms with Crippen molar-refractivity contribution < 1.29 is 9.47 Å². The first kappa shape index (κ1) is 16.0. The quantitative estimate of drug-likeness (QED) is 0.695. The van der Waals surface area contributed by atoms with Gasteiger partial charge in [0.1, 0.15) is 0 Å². The smallest absolute Gasteiger partial charge is 0.0816 e. The normalized spacial score (nSPS) is 23.3. The molecule has 0 radical (unpaired) electrons. The van der Waals surface area contributed by atoms with Crippen molar-refractivity contribution in [3.8, 4) is 0 Å². The van der Waals surface area contributed by atoms with Gasteiger partial charge in [-0.3, -0.25) is 0 Å². The van der Waals surface area contributed by atoms with Crippen molar-refractivity contribution >= 4 is 0 Å². The fourth-order valence-electron chi connectivity index (χ4n) is 2.95. The Hall–Kier alpha value is -1.90. The third-order valence-electron chi connectivity index (χ3n) is 4.41. The van der Waals surface area contributed by atoms with E-state index in [9.17, 15) is 0 Å². The highest BCUT2D eigenvalue weighted by Gasteiger charge is 2.29. The minimum atomic E-state index is 0.140. The zero-order valence-corrected chi connectivity index (χ0v) is 13.6. The van der Waals surface area contributed by atoms with Crippen LogP contribution < -0.4 is 0 Å². The van der Waals surface area contributed by atoms with Gasteiger partial charge in [0.05, 0.1) is 25.9 Å². The van der Waals surface area contributed by atoms with Crippen LogP contribution in [-0.2, 0) is 22.7 Å². The Kier molecular flexibility index (Phi) is 5.62. The average Bonchev–Trinajstić information content (AvgIpc) is 2.95. The molecule has 0 aromatic heterocycles. The molecule has 1 aliphatic carbocycles. The number of benzene rings is 2. The van der Waals surface area contributed by atoms with Crippen LogP contribution in [0.25, 0.3) is 0 Å². The van der Waals surface area contributed by atoms with E-state index in [2.05, 4.69) is 43.3 Å². The number of allylic oxidation sites excluding steroid dienone is 1. The van der Waals surface area contributed by atoms with E-state index in [0.717, 1.165) is 6.61 Å². The maximum absolute atomic E-state index is 6.11. The summed E-state index contributed by atoms with van der Waals surface area (Å²) in [5.74, 6) is 0.883. The van der Waals surface area contributed by atoms with Crippen LogP contribution in [0.3, 0.4) is 0 Å². The van der Waals surface area contributed by atoms with Crippen LogP contribution >= 0.6 is 0 Å². The molecule has 0 spiro atoms.